The molecule has 1 aliphatic rings. The van der Waals surface area contributed by atoms with Crippen molar-refractivity contribution in [2.45, 2.75) is 6.42 Å². The van der Waals surface area contributed by atoms with Crippen molar-refractivity contribution in [1.29, 1.82) is 0 Å². The van der Waals surface area contributed by atoms with E-state index in [1.54, 1.807) is 6.07 Å². The summed E-state index contributed by atoms with van der Waals surface area (Å²) in [6.45, 7) is 0. The molecule has 1 aromatic rings. The molecular weight excluding hydrogens is 353 g/mol. The third kappa shape index (κ3) is 1.44. The Morgan fingerprint density at radius 3 is 2.69 bits per heavy atom. The molecule has 0 saturated carbocycles. The molecule has 0 bridgehead atoms. The Hall–Kier alpha value is 0.0300. The molecule has 0 aromatic heterocycles. The average molecular weight is 357 g/mol. The van der Waals surface area contributed by atoms with E-state index in [0.717, 1.165) is 9.14 Å². The SMILES string of the molecule is Fc1c(Br)cc2c(c1F)CC=C2I. The largest absolute Gasteiger partial charge is 0.203 e. The normalized spacial score (nSPS) is 14.3. The lowest BCUT2D eigenvalue weighted by molar-refractivity contribution is 0.497. The Balaban J connectivity index is 2.72. The summed E-state index contributed by atoms with van der Waals surface area (Å²) in [4.78, 5) is 0. The van der Waals surface area contributed by atoms with Crippen molar-refractivity contribution in [3.05, 3.63) is 39.4 Å². The quantitative estimate of drug-likeness (QED) is 0.486. The lowest BCUT2D eigenvalue weighted by Gasteiger charge is -2.04. The first-order valence-electron chi connectivity index (χ1n) is 3.63. The lowest BCUT2D eigenvalue weighted by Crippen LogP contribution is -1.95. The number of rotatable bonds is 0. The predicted molar refractivity (Wildman–Crippen MR) is 59.8 cm³/mol. The maximum atomic E-state index is 13.3. The van der Waals surface area contributed by atoms with Gasteiger partial charge in [0.1, 0.15) is 0 Å². The van der Waals surface area contributed by atoms with Gasteiger partial charge in [-0.25, -0.2) is 8.78 Å². The zero-order valence-corrected chi connectivity index (χ0v) is 10.1. The molecule has 68 valence electrons. The van der Waals surface area contributed by atoms with Crippen LogP contribution in [0.2, 0.25) is 0 Å². The molecule has 0 nitrogen and oxygen atoms in total. The molecule has 1 aromatic carbocycles. The van der Waals surface area contributed by atoms with Gasteiger partial charge >= 0.3 is 0 Å². The summed E-state index contributed by atoms with van der Waals surface area (Å²) >= 11 is 5.10. The zero-order chi connectivity index (χ0) is 9.59. The molecule has 0 spiro atoms. The highest BCUT2D eigenvalue weighted by molar-refractivity contribution is 14.1. The number of hydrogen-bond donors (Lipinski definition) is 0. The Morgan fingerprint density at radius 2 is 2.00 bits per heavy atom. The van der Waals surface area contributed by atoms with Gasteiger partial charge in [0.25, 0.3) is 0 Å². The molecule has 0 radical (unpaired) electrons. The Bertz CT molecular complexity index is 413. The van der Waals surface area contributed by atoms with Gasteiger partial charge in [-0.05, 0) is 56.6 Å². The van der Waals surface area contributed by atoms with Gasteiger partial charge in [0.05, 0.1) is 4.47 Å². The van der Waals surface area contributed by atoms with Crippen LogP contribution in [0.1, 0.15) is 11.1 Å². The fourth-order valence-electron chi connectivity index (χ4n) is 1.35. The van der Waals surface area contributed by atoms with E-state index in [9.17, 15) is 8.78 Å². The molecule has 0 saturated heterocycles. The van der Waals surface area contributed by atoms with E-state index in [-0.39, 0.29) is 4.47 Å². The van der Waals surface area contributed by atoms with Crippen molar-refractivity contribution in [3.8, 4) is 0 Å². The summed E-state index contributed by atoms with van der Waals surface area (Å²) in [5, 5.41) is 0. The number of benzene rings is 1. The van der Waals surface area contributed by atoms with Crippen molar-refractivity contribution >= 4 is 42.1 Å². The van der Waals surface area contributed by atoms with E-state index >= 15 is 0 Å². The fraction of sp³-hybridized carbons (Fsp3) is 0.111. The van der Waals surface area contributed by atoms with Crippen LogP contribution in [0, 0.1) is 11.6 Å². The molecule has 0 atom stereocenters. The third-order valence-electron chi connectivity index (χ3n) is 2.01. The first kappa shape index (κ1) is 9.58. The average Bonchev–Trinajstić information content (AvgIpc) is 2.45. The van der Waals surface area contributed by atoms with Crippen LogP contribution in [0.5, 0.6) is 0 Å². The van der Waals surface area contributed by atoms with E-state index in [1.807, 2.05) is 6.08 Å². The van der Waals surface area contributed by atoms with Crippen LogP contribution in [0.3, 0.4) is 0 Å². The molecule has 1 aliphatic carbocycles. The molecule has 0 amide bonds. The van der Waals surface area contributed by atoms with Gasteiger partial charge in [-0.1, -0.05) is 6.08 Å². The van der Waals surface area contributed by atoms with Crippen molar-refractivity contribution in [3.63, 3.8) is 0 Å². The minimum atomic E-state index is -0.793. The van der Waals surface area contributed by atoms with E-state index in [0.29, 0.717) is 12.0 Å². The summed E-state index contributed by atoms with van der Waals surface area (Å²) in [7, 11) is 0. The molecule has 4 heteroatoms. The zero-order valence-electron chi connectivity index (χ0n) is 6.37. The molecule has 0 unspecified atom stereocenters. The second-order valence-corrected chi connectivity index (χ2v) is 4.79. The van der Waals surface area contributed by atoms with Crippen LogP contribution < -0.4 is 0 Å². The van der Waals surface area contributed by atoms with Crippen molar-refractivity contribution in [2.75, 3.05) is 0 Å². The second-order valence-electron chi connectivity index (χ2n) is 2.77. The topological polar surface area (TPSA) is 0 Å². The molecule has 2 rings (SSSR count). The highest BCUT2D eigenvalue weighted by atomic mass is 127. The highest BCUT2D eigenvalue weighted by Crippen LogP contribution is 2.37. The Morgan fingerprint density at radius 1 is 1.31 bits per heavy atom. The summed E-state index contributed by atoms with van der Waals surface area (Å²) in [6, 6.07) is 1.62. The molecular formula is C9H4BrF2I. The van der Waals surface area contributed by atoms with Gasteiger partial charge in [0, 0.05) is 9.14 Å². The van der Waals surface area contributed by atoms with Crippen LogP contribution in [-0.4, -0.2) is 0 Å². The molecule has 13 heavy (non-hydrogen) atoms. The summed E-state index contributed by atoms with van der Waals surface area (Å²) in [5.74, 6) is -1.52. The van der Waals surface area contributed by atoms with Crippen LogP contribution in [0.15, 0.2) is 16.6 Å². The van der Waals surface area contributed by atoms with Gasteiger partial charge in [-0.2, -0.15) is 0 Å². The third-order valence-corrected chi connectivity index (χ3v) is 3.60. The maximum absolute atomic E-state index is 13.3. The van der Waals surface area contributed by atoms with Crippen molar-refractivity contribution in [1.82, 2.24) is 0 Å². The first-order valence-corrected chi connectivity index (χ1v) is 5.51. The van der Waals surface area contributed by atoms with E-state index in [4.69, 9.17) is 0 Å². The van der Waals surface area contributed by atoms with Gasteiger partial charge < -0.3 is 0 Å². The van der Waals surface area contributed by atoms with Crippen molar-refractivity contribution in [2.24, 2.45) is 0 Å². The minimum Gasteiger partial charge on any atom is -0.203 e. The van der Waals surface area contributed by atoms with Gasteiger partial charge in [-0.15, -0.1) is 0 Å². The lowest BCUT2D eigenvalue weighted by atomic mass is 10.1. The fourth-order valence-corrected chi connectivity index (χ4v) is 2.45. The smallest absolute Gasteiger partial charge is 0.173 e. The number of hydrogen-bond acceptors (Lipinski definition) is 0. The predicted octanol–water partition coefficient (Wildman–Crippen LogP) is 4.06. The van der Waals surface area contributed by atoms with Crippen LogP contribution in [0.4, 0.5) is 8.78 Å². The minimum absolute atomic E-state index is 0.188. The highest BCUT2D eigenvalue weighted by Gasteiger charge is 2.21. The van der Waals surface area contributed by atoms with Crippen LogP contribution in [-0.2, 0) is 6.42 Å². The number of allylic oxidation sites excluding steroid dienone is 1. The van der Waals surface area contributed by atoms with E-state index in [2.05, 4.69) is 38.5 Å². The van der Waals surface area contributed by atoms with Gasteiger partial charge in [0.15, 0.2) is 11.6 Å². The number of fused-ring (bicyclic) bond motifs is 1. The molecule has 0 aliphatic heterocycles. The standard InChI is InChI=1S/C9H4BrF2I/c10-6-3-5-4(1-2-7(5)13)8(11)9(6)12/h2-3H,1H2. The summed E-state index contributed by atoms with van der Waals surface area (Å²) in [5.41, 5.74) is 1.26. The molecule has 0 N–H and O–H groups in total. The van der Waals surface area contributed by atoms with E-state index < -0.39 is 11.6 Å². The monoisotopic (exact) mass is 356 g/mol. The van der Waals surface area contributed by atoms with Gasteiger partial charge in [0.2, 0.25) is 0 Å². The maximum Gasteiger partial charge on any atom is 0.173 e. The van der Waals surface area contributed by atoms with E-state index in [1.165, 1.54) is 0 Å². The number of halogens is 4. The molecule has 0 heterocycles. The van der Waals surface area contributed by atoms with Crippen LogP contribution >= 0.6 is 38.5 Å². The summed E-state index contributed by atoms with van der Waals surface area (Å²) < 4.78 is 27.5. The molecule has 0 fully saturated rings. The Kier molecular flexibility index (Phi) is 2.44. The summed E-state index contributed by atoms with van der Waals surface area (Å²) in [6.07, 6.45) is 2.38. The van der Waals surface area contributed by atoms with Gasteiger partial charge in [-0.3, -0.25) is 0 Å². The van der Waals surface area contributed by atoms with Crippen LogP contribution in [0.25, 0.3) is 3.58 Å². The van der Waals surface area contributed by atoms with Crippen molar-refractivity contribution < 1.29 is 8.78 Å². The second kappa shape index (κ2) is 3.31. The Labute approximate surface area is 96.3 Å². The first-order chi connectivity index (χ1) is 6.11.